The van der Waals surface area contributed by atoms with Gasteiger partial charge in [0.2, 0.25) is 11.8 Å². The van der Waals surface area contributed by atoms with E-state index in [0.29, 0.717) is 12.8 Å². The van der Waals surface area contributed by atoms with Crippen LogP contribution in [0.5, 0.6) is 0 Å². The maximum Gasteiger partial charge on any atom is 0.326 e. The molecule has 0 bridgehead atoms. The van der Waals surface area contributed by atoms with Gasteiger partial charge in [-0.2, -0.15) is 12.6 Å². The Labute approximate surface area is 165 Å². The van der Waals surface area contributed by atoms with E-state index in [1.807, 2.05) is 44.2 Å². The van der Waals surface area contributed by atoms with Crippen molar-refractivity contribution in [2.75, 3.05) is 0 Å². The Kier molecular flexibility index (Phi) is 7.30. The molecule has 2 rings (SSSR count). The van der Waals surface area contributed by atoms with Crippen LogP contribution in [0.1, 0.15) is 45.1 Å². The van der Waals surface area contributed by atoms with Crippen LogP contribution in [0, 0.1) is 5.92 Å². The second-order valence-corrected chi connectivity index (χ2v) is 8.08. The second-order valence-electron chi connectivity index (χ2n) is 7.52. The predicted molar refractivity (Wildman–Crippen MR) is 107 cm³/mol. The quantitative estimate of drug-likeness (QED) is 0.510. The number of carboxylic acids is 1. The molecule has 7 heteroatoms. The van der Waals surface area contributed by atoms with E-state index in [2.05, 4.69) is 23.3 Å². The molecule has 0 unspecified atom stereocenters. The van der Waals surface area contributed by atoms with Gasteiger partial charge in [0.15, 0.2) is 0 Å². The summed E-state index contributed by atoms with van der Waals surface area (Å²) >= 11 is 4.33. The van der Waals surface area contributed by atoms with Crippen molar-refractivity contribution < 1.29 is 19.5 Å². The topological polar surface area (TPSA) is 95.5 Å². The van der Waals surface area contributed by atoms with Crippen molar-refractivity contribution in [2.24, 2.45) is 5.92 Å². The minimum absolute atomic E-state index is 0.0275. The summed E-state index contributed by atoms with van der Waals surface area (Å²) in [5.41, 5.74) is -0.234. The van der Waals surface area contributed by atoms with Gasteiger partial charge in [0.05, 0.1) is 5.25 Å². The Hall–Kier alpha value is -2.02. The van der Waals surface area contributed by atoms with Gasteiger partial charge in [-0.05, 0) is 24.3 Å². The summed E-state index contributed by atoms with van der Waals surface area (Å²) < 4.78 is 0. The number of carbonyl (C=O) groups is 3. The zero-order chi connectivity index (χ0) is 20.0. The van der Waals surface area contributed by atoms with Crippen LogP contribution >= 0.6 is 12.6 Å². The zero-order valence-electron chi connectivity index (χ0n) is 15.8. The van der Waals surface area contributed by atoms with Crippen molar-refractivity contribution in [1.82, 2.24) is 10.6 Å². The van der Waals surface area contributed by atoms with E-state index in [4.69, 9.17) is 0 Å². The monoisotopic (exact) mass is 392 g/mol. The summed E-state index contributed by atoms with van der Waals surface area (Å²) in [6, 6.07) is 8.10. The minimum atomic E-state index is -1.10. The zero-order valence-corrected chi connectivity index (χ0v) is 16.7. The Balaban J connectivity index is 2.12. The molecular formula is C20H28N2O4S. The van der Waals surface area contributed by atoms with Gasteiger partial charge in [0.1, 0.15) is 11.6 Å². The van der Waals surface area contributed by atoms with E-state index in [-0.39, 0.29) is 18.2 Å². The first-order valence-electron chi connectivity index (χ1n) is 9.33. The molecule has 3 N–H and O–H groups in total. The summed E-state index contributed by atoms with van der Waals surface area (Å²) in [4.78, 5) is 37.1. The van der Waals surface area contributed by atoms with Crippen LogP contribution in [-0.2, 0) is 20.8 Å². The molecular weight excluding hydrogens is 364 g/mol. The van der Waals surface area contributed by atoms with E-state index in [1.54, 1.807) is 0 Å². The molecule has 0 spiro atoms. The molecule has 1 fully saturated rings. The SMILES string of the molecule is CC(C)[C@H](S)C(=O)NC1(C(=O)N[C@@H](Cc2ccccc2)C(=O)O)CCCC1. The molecule has 0 saturated heterocycles. The number of nitrogens with one attached hydrogen (secondary N) is 2. The van der Waals surface area contributed by atoms with Gasteiger partial charge in [-0.1, -0.05) is 57.0 Å². The van der Waals surface area contributed by atoms with Crippen molar-refractivity contribution in [3.05, 3.63) is 35.9 Å². The number of benzene rings is 1. The Morgan fingerprint density at radius 2 is 1.74 bits per heavy atom. The lowest BCUT2D eigenvalue weighted by Crippen LogP contribution is -2.61. The van der Waals surface area contributed by atoms with Crippen molar-refractivity contribution >= 4 is 30.4 Å². The molecule has 27 heavy (non-hydrogen) atoms. The smallest absolute Gasteiger partial charge is 0.326 e. The number of aliphatic carboxylic acids is 1. The second kappa shape index (κ2) is 9.26. The Bertz CT molecular complexity index is 672. The first kappa shape index (κ1) is 21.3. The van der Waals surface area contributed by atoms with E-state index < -0.39 is 28.7 Å². The van der Waals surface area contributed by atoms with Crippen LogP contribution < -0.4 is 10.6 Å². The average Bonchev–Trinajstić information content (AvgIpc) is 3.10. The van der Waals surface area contributed by atoms with Crippen molar-refractivity contribution in [3.8, 4) is 0 Å². The van der Waals surface area contributed by atoms with Crippen LogP contribution in [0.25, 0.3) is 0 Å². The van der Waals surface area contributed by atoms with Gasteiger partial charge in [0, 0.05) is 6.42 Å². The number of hydrogen-bond acceptors (Lipinski definition) is 4. The van der Waals surface area contributed by atoms with Crippen LogP contribution in [0.4, 0.5) is 0 Å². The maximum absolute atomic E-state index is 13.0. The number of rotatable bonds is 8. The molecule has 2 atom stereocenters. The number of thiol groups is 1. The van der Waals surface area contributed by atoms with Crippen LogP contribution in [0.2, 0.25) is 0 Å². The molecule has 0 aliphatic heterocycles. The molecule has 0 radical (unpaired) electrons. The minimum Gasteiger partial charge on any atom is -0.480 e. The normalized spacial score (nSPS) is 17.9. The summed E-state index contributed by atoms with van der Waals surface area (Å²) in [6.45, 7) is 3.78. The number of carboxylic acid groups (broad SMARTS) is 1. The van der Waals surface area contributed by atoms with Gasteiger partial charge in [-0.3, -0.25) is 9.59 Å². The van der Waals surface area contributed by atoms with Gasteiger partial charge in [0.25, 0.3) is 0 Å². The third-order valence-electron chi connectivity index (χ3n) is 5.04. The lowest BCUT2D eigenvalue weighted by Gasteiger charge is -2.32. The maximum atomic E-state index is 13.0. The lowest BCUT2D eigenvalue weighted by atomic mass is 9.94. The molecule has 0 heterocycles. The number of carbonyl (C=O) groups excluding carboxylic acids is 2. The Morgan fingerprint density at radius 1 is 1.15 bits per heavy atom. The molecule has 2 amide bonds. The van der Waals surface area contributed by atoms with Gasteiger partial charge >= 0.3 is 5.97 Å². The van der Waals surface area contributed by atoms with E-state index in [1.165, 1.54) is 0 Å². The highest BCUT2D eigenvalue weighted by Gasteiger charge is 2.44. The summed E-state index contributed by atoms with van der Waals surface area (Å²) in [5.74, 6) is -1.79. The van der Waals surface area contributed by atoms with Gasteiger partial charge in [-0.25, -0.2) is 4.79 Å². The largest absolute Gasteiger partial charge is 0.480 e. The van der Waals surface area contributed by atoms with Crippen LogP contribution in [0.15, 0.2) is 30.3 Å². The lowest BCUT2D eigenvalue weighted by molar-refractivity contribution is -0.143. The first-order valence-corrected chi connectivity index (χ1v) is 9.84. The third kappa shape index (κ3) is 5.48. The fourth-order valence-corrected chi connectivity index (χ4v) is 3.41. The summed E-state index contributed by atoms with van der Waals surface area (Å²) in [7, 11) is 0. The summed E-state index contributed by atoms with van der Waals surface area (Å²) in [6.07, 6.45) is 2.81. The third-order valence-corrected chi connectivity index (χ3v) is 5.87. The molecule has 6 nitrogen and oxygen atoms in total. The molecule has 0 aromatic heterocycles. The number of hydrogen-bond donors (Lipinski definition) is 4. The first-order chi connectivity index (χ1) is 12.7. The fraction of sp³-hybridized carbons (Fsp3) is 0.550. The van der Waals surface area contributed by atoms with Gasteiger partial charge in [-0.15, -0.1) is 0 Å². The van der Waals surface area contributed by atoms with E-state index in [9.17, 15) is 19.5 Å². The van der Waals surface area contributed by atoms with E-state index in [0.717, 1.165) is 18.4 Å². The molecule has 1 aliphatic carbocycles. The number of amides is 2. The average molecular weight is 393 g/mol. The molecule has 1 aliphatic rings. The van der Waals surface area contributed by atoms with E-state index >= 15 is 0 Å². The van der Waals surface area contributed by atoms with Crippen molar-refractivity contribution in [3.63, 3.8) is 0 Å². The molecule has 1 aromatic rings. The van der Waals surface area contributed by atoms with Gasteiger partial charge < -0.3 is 15.7 Å². The fourth-order valence-electron chi connectivity index (χ4n) is 3.35. The molecule has 148 valence electrons. The van der Waals surface area contributed by atoms with Crippen LogP contribution in [0.3, 0.4) is 0 Å². The highest BCUT2D eigenvalue weighted by atomic mass is 32.1. The highest BCUT2D eigenvalue weighted by Crippen LogP contribution is 2.31. The molecule has 1 aromatic carbocycles. The highest BCUT2D eigenvalue weighted by molar-refractivity contribution is 7.81. The molecule has 1 saturated carbocycles. The van der Waals surface area contributed by atoms with Crippen molar-refractivity contribution in [2.45, 2.75) is 62.8 Å². The predicted octanol–water partition coefficient (Wildman–Crippen LogP) is 2.18. The Morgan fingerprint density at radius 3 is 2.26 bits per heavy atom. The summed E-state index contributed by atoms with van der Waals surface area (Å²) in [5, 5.41) is 14.5. The standard InChI is InChI=1S/C20H28N2O4S/c1-13(2)16(27)17(23)22-20(10-6-7-11-20)19(26)21-15(18(24)25)12-14-8-4-3-5-9-14/h3-5,8-9,13,15-16,27H,6-7,10-12H2,1-2H3,(H,21,26)(H,22,23)(H,24,25)/t15-,16-/m0/s1. The van der Waals surface area contributed by atoms with Crippen molar-refractivity contribution in [1.29, 1.82) is 0 Å². The van der Waals surface area contributed by atoms with Crippen LogP contribution in [-0.4, -0.2) is 39.7 Å².